The maximum atomic E-state index is 5.30. The Labute approximate surface area is 838 Å². The Morgan fingerprint density at radius 2 is 0.542 bits per heavy atom. The summed E-state index contributed by atoms with van der Waals surface area (Å²) < 4.78 is 36.5. The van der Waals surface area contributed by atoms with E-state index in [0.717, 1.165) is 254 Å². The molecule has 672 valence electrons. The number of thiophene rings is 1. The van der Waals surface area contributed by atoms with Gasteiger partial charge in [0.2, 0.25) is 0 Å². The number of benzene rings is 17. The third-order valence-corrected chi connectivity index (χ3v) is 30.1. The SMILES string of the molecule is c1ccc(-c2nc(-c3cc4c(-c5ccccc5)nc5ccccc5c4c4nsnc34)c3sc4ccccc4c3n2)cc1.c1ccc(-c2nc3ccccc3c3c2cc(-c2cc(-n4c5ccccc5c5ccccc54)cc(-n4c5ccccc5c5ccccc54)c2)c2nsnc23)cc1.c1ccc(-c2nc3ccccc3c3c2cc(-c2ccc(-c4cc(-c5ccccn5)nc(-c5ccccn5)c4)cc2)c2nsnc23)cc1. The first-order valence-electron chi connectivity index (χ1n) is 47.4. The molecular formula is C124H72N16S4. The molecule has 0 radical (unpaired) electrons. The Hall–Kier alpha value is -18.4. The number of rotatable bonds is 12. The maximum absolute atomic E-state index is 5.30. The average Bonchev–Trinajstić information content (AvgIpc) is 1.44. The lowest BCUT2D eigenvalue weighted by molar-refractivity contribution is 1.13. The minimum atomic E-state index is 0.693. The second-order valence-electron chi connectivity index (χ2n) is 35.6. The molecule has 20 heteroatoms. The summed E-state index contributed by atoms with van der Waals surface area (Å²) in [6, 6.07) is 148. The smallest absolute Gasteiger partial charge is 0.160 e. The van der Waals surface area contributed by atoms with Gasteiger partial charge in [0.05, 0.1) is 130 Å². The number of hydrogen-bond acceptors (Lipinski definition) is 18. The largest absolute Gasteiger partial charge is 0.309 e. The van der Waals surface area contributed by atoms with Crippen LogP contribution >= 0.6 is 46.5 Å². The van der Waals surface area contributed by atoms with Crippen molar-refractivity contribution < 1.29 is 0 Å². The molecule has 13 heterocycles. The standard InChI is InChI=1S/C49H29N5S.C40H24N6S.C35H19N5S2/c1-2-14-30(15-3-1)47-40-29-39(48-49(52-55-51-48)46(40)38-20-4-9-21-41(38)50-47)31-26-32(53-42-22-10-5-16-34(42)35-17-6-11-23-43(35)53)28-33(27-31)54-44-24-12-7-18-36(44)37-19-8-13-25-45(37)54;1-2-10-27(11-3-1)38-31-24-30(39-40(46-47-45-39)37(31)29-12-4-5-13-32(29)44-38)26-18-16-25(17-19-26)28-22-35(33-14-6-8-20-41-33)43-36(23-28)34-15-7-9-21-42-34;1-3-11-20(12-4-1)29-24-19-25(30-33(40-42-39-30)28(24)22-15-7-9-17-26(22)36-29)32-34-31(23-16-8-10-18-27(23)41-34)37-35(38-32)21-13-5-2-6-14-21/h1-29H;1-24H;1-19H. The molecule has 0 fully saturated rings. The Balaban J connectivity index is 0.000000106. The molecule has 0 aliphatic carbocycles. The highest BCUT2D eigenvalue weighted by molar-refractivity contribution is 7.26. The minimum absolute atomic E-state index is 0.693. The molecule has 17 aromatic carbocycles. The molecule has 0 aliphatic rings. The lowest BCUT2D eigenvalue weighted by Crippen LogP contribution is -2.00. The fraction of sp³-hybridized carbons (Fsp3) is 0. The van der Waals surface area contributed by atoms with Gasteiger partial charge in [-0.3, -0.25) is 9.97 Å². The van der Waals surface area contributed by atoms with Gasteiger partial charge in [-0.05, 0) is 144 Å². The number of fused-ring (bicyclic) bond motifs is 24. The molecule has 0 bridgehead atoms. The van der Waals surface area contributed by atoms with Gasteiger partial charge < -0.3 is 9.13 Å². The fourth-order valence-corrected chi connectivity index (χ4v) is 23.7. The van der Waals surface area contributed by atoms with Crippen LogP contribution in [-0.2, 0) is 0 Å². The molecule has 30 rings (SSSR count). The summed E-state index contributed by atoms with van der Waals surface area (Å²) in [4.78, 5) is 40.1. The van der Waals surface area contributed by atoms with Crippen molar-refractivity contribution in [2.24, 2.45) is 0 Å². The summed E-state index contributed by atoms with van der Waals surface area (Å²) in [7, 11) is 0. The third kappa shape index (κ3) is 14.2. The van der Waals surface area contributed by atoms with E-state index in [1.54, 1.807) is 23.7 Å². The molecule has 0 atom stereocenters. The quantitative estimate of drug-likeness (QED) is 0.105. The van der Waals surface area contributed by atoms with Gasteiger partial charge in [0.15, 0.2) is 5.82 Å². The van der Waals surface area contributed by atoms with Gasteiger partial charge in [0.25, 0.3) is 0 Å². The van der Waals surface area contributed by atoms with E-state index in [9.17, 15) is 0 Å². The first-order chi connectivity index (χ1) is 71.4. The van der Waals surface area contributed by atoms with Gasteiger partial charge in [-0.1, -0.05) is 303 Å². The van der Waals surface area contributed by atoms with Crippen LogP contribution < -0.4 is 0 Å². The van der Waals surface area contributed by atoms with Crippen LogP contribution in [0.3, 0.4) is 0 Å². The van der Waals surface area contributed by atoms with Crippen molar-refractivity contribution in [3.05, 3.63) is 437 Å². The number of aromatic nitrogens is 16. The Kier molecular flexibility index (Phi) is 20.3. The summed E-state index contributed by atoms with van der Waals surface area (Å²) in [5.41, 5.74) is 34.1. The Bertz CT molecular complexity index is 10100. The van der Waals surface area contributed by atoms with Crippen LogP contribution in [0.5, 0.6) is 0 Å². The second-order valence-corrected chi connectivity index (χ2v) is 38.2. The van der Waals surface area contributed by atoms with Gasteiger partial charge in [-0.2, -0.15) is 26.2 Å². The van der Waals surface area contributed by atoms with E-state index in [-0.39, 0.29) is 0 Å². The predicted octanol–water partition coefficient (Wildman–Crippen LogP) is 32.4. The van der Waals surface area contributed by atoms with E-state index < -0.39 is 0 Å². The molecule has 13 aromatic heterocycles. The third-order valence-electron chi connectivity index (χ3n) is 27.3. The van der Waals surface area contributed by atoms with Crippen LogP contribution in [0.25, 0.3) is 286 Å². The summed E-state index contributed by atoms with van der Waals surface area (Å²) in [5.74, 6) is 0.693. The van der Waals surface area contributed by atoms with E-state index in [4.69, 9.17) is 56.1 Å². The number of pyridine rings is 6. The fourth-order valence-electron chi connectivity index (χ4n) is 20.9. The van der Waals surface area contributed by atoms with Gasteiger partial charge >= 0.3 is 0 Å². The zero-order chi connectivity index (χ0) is 94.8. The highest BCUT2D eigenvalue weighted by Crippen LogP contribution is 2.50. The summed E-state index contributed by atoms with van der Waals surface area (Å²) in [6.07, 6.45) is 3.58. The lowest BCUT2D eigenvalue weighted by Gasteiger charge is -2.17. The van der Waals surface area contributed by atoms with E-state index >= 15 is 0 Å². The summed E-state index contributed by atoms with van der Waals surface area (Å²) in [5, 5.41) is 15.6. The zero-order valence-electron chi connectivity index (χ0n) is 76.4. The van der Waals surface area contributed by atoms with Crippen molar-refractivity contribution in [3.63, 3.8) is 0 Å². The maximum Gasteiger partial charge on any atom is 0.160 e. The molecule has 0 aliphatic heterocycles. The topological polar surface area (TPSA) is 190 Å². The zero-order valence-corrected chi connectivity index (χ0v) is 79.6. The van der Waals surface area contributed by atoms with Crippen molar-refractivity contribution in [3.8, 4) is 124 Å². The number of hydrogen-bond donors (Lipinski definition) is 0. The van der Waals surface area contributed by atoms with Crippen molar-refractivity contribution in [2.45, 2.75) is 0 Å². The molecule has 16 nitrogen and oxygen atoms in total. The van der Waals surface area contributed by atoms with Crippen LogP contribution in [0.15, 0.2) is 437 Å². The summed E-state index contributed by atoms with van der Waals surface area (Å²) in [6.45, 7) is 0. The van der Waals surface area contributed by atoms with Crippen molar-refractivity contribution in [1.82, 2.24) is 75.2 Å². The molecule has 0 saturated carbocycles. The monoisotopic (exact) mass is 1910 g/mol. The molecule has 0 unspecified atom stereocenters. The van der Waals surface area contributed by atoms with Crippen LogP contribution in [0.2, 0.25) is 0 Å². The van der Waals surface area contributed by atoms with Crippen LogP contribution in [0, 0.1) is 0 Å². The minimum Gasteiger partial charge on any atom is -0.309 e. The van der Waals surface area contributed by atoms with Gasteiger partial charge in [-0.25, -0.2) is 29.9 Å². The lowest BCUT2D eigenvalue weighted by atomic mass is 9.93. The molecule has 0 saturated heterocycles. The van der Waals surface area contributed by atoms with Crippen LogP contribution in [0.1, 0.15) is 0 Å². The Morgan fingerprint density at radius 1 is 0.194 bits per heavy atom. The highest BCUT2D eigenvalue weighted by atomic mass is 32.1. The number of para-hydroxylation sites is 7. The van der Waals surface area contributed by atoms with Gasteiger partial charge in [-0.15, -0.1) is 11.3 Å². The predicted molar refractivity (Wildman–Crippen MR) is 596 cm³/mol. The van der Waals surface area contributed by atoms with Crippen molar-refractivity contribution >= 4 is 209 Å². The van der Waals surface area contributed by atoms with Gasteiger partial charge in [0, 0.05) is 143 Å². The molecule has 0 N–H and O–H groups in total. The average molecular weight is 1910 g/mol. The Morgan fingerprint density at radius 3 is 0.965 bits per heavy atom. The molecular weight excluding hydrogens is 1840 g/mol. The van der Waals surface area contributed by atoms with E-state index in [2.05, 4.69) is 365 Å². The van der Waals surface area contributed by atoms with E-state index in [1.165, 1.54) is 61.4 Å². The highest BCUT2D eigenvalue weighted by Gasteiger charge is 2.29. The second kappa shape index (κ2) is 34.9. The first-order valence-corrected chi connectivity index (χ1v) is 50.4. The van der Waals surface area contributed by atoms with E-state index in [0.29, 0.717) is 5.82 Å². The van der Waals surface area contributed by atoms with Crippen LogP contribution in [0.4, 0.5) is 0 Å². The molecule has 30 aromatic rings. The molecule has 144 heavy (non-hydrogen) atoms. The number of nitrogens with zero attached hydrogens (tertiary/aromatic N) is 16. The normalized spacial score (nSPS) is 11.8. The summed E-state index contributed by atoms with van der Waals surface area (Å²) >= 11 is 5.47. The first kappa shape index (κ1) is 83.7. The van der Waals surface area contributed by atoms with Crippen molar-refractivity contribution in [2.75, 3.05) is 0 Å². The van der Waals surface area contributed by atoms with E-state index in [1.807, 2.05) is 78.9 Å². The molecule has 0 amide bonds. The van der Waals surface area contributed by atoms with Crippen LogP contribution in [-0.4, -0.2) is 75.2 Å². The molecule has 0 spiro atoms. The van der Waals surface area contributed by atoms with Crippen molar-refractivity contribution in [1.29, 1.82) is 0 Å². The van der Waals surface area contributed by atoms with Gasteiger partial charge in [0.1, 0.15) is 33.1 Å².